The largest absolute Gasteiger partial charge is 0.297 e. The van der Waals surface area contributed by atoms with Crippen LogP contribution in [0, 0.1) is 13.8 Å². The van der Waals surface area contributed by atoms with Gasteiger partial charge in [0.15, 0.2) is 0 Å². The Kier molecular flexibility index (Phi) is 5.63. The van der Waals surface area contributed by atoms with E-state index in [1.807, 2.05) is 26.0 Å². The summed E-state index contributed by atoms with van der Waals surface area (Å²) in [6, 6.07) is 19.4. The minimum Gasteiger partial charge on any atom is -0.264 e. The first-order chi connectivity index (χ1) is 14.7. The molecule has 3 aromatic carbocycles. The maximum atomic E-state index is 13.5. The van der Waals surface area contributed by atoms with Crippen LogP contribution in [0.1, 0.15) is 16.7 Å². The smallest absolute Gasteiger partial charge is 0.264 e. The van der Waals surface area contributed by atoms with E-state index >= 15 is 0 Å². The van der Waals surface area contributed by atoms with E-state index in [4.69, 9.17) is 4.18 Å². The van der Waals surface area contributed by atoms with E-state index in [0.29, 0.717) is 12.1 Å². The first kappa shape index (κ1) is 21.5. The van der Waals surface area contributed by atoms with Gasteiger partial charge in [0.25, 0.3) is 20.1 Å². The van der Waals surface area contributed by atoms with Gasteiger partial charge in [-0.3, -0.25) is 8.49 Å². The van der Waals surface area contributed by atoms with Crippen LogP contribution in [0.5, 0.6) is 0 Å². The van der Waals surface area contributed by atoms with Crippen molar-refractivity contribution in [1.29, 1.82) is 0 Å². The molecule has 1 aliphatic rings. The maximum absolute atomic E-state index is 13.5. The van der Waals surface area contributed by atoms with Crippen molar-refractivity contribution >= 4 is 25.8 Å². The van der Waals surface area contributed by atoms with Gasteiger partial charge in [-0.15, -0.1) is 0 Å². The van der Waals surface area contributed by atoms with Gasteiger partial charge in [0.05, 0.1) is 28.1 Å². The van der Waals surface area contributed by atoms with Crippen LogP contribution in [-0.4, -0.2) is 29.5 Å². The third-order valence-electron chi connectivity index (χ3n) is 5.32. The van der Waals surface area contributed by atoms with Gasteiger partial charge in [-0.25, -0.2) is 8.42 Å². The van der Waals surface area contributed by atoms with Crippen molar-refractivity contribution in [3.05, 3.63) is 89.5 Å². The van der Waals surface area contributed by atoms with Crippen LogP contribution in [0.25, 0.3) is 0 Å². The standard InChI is InChI=1S/C23H23NO5S2/c1-17-7-11-21(12-8-17)30(25,26)24-20(15-19-5-3-4-6-23(19)24)16-29-31(27,28)22-13-9-18(2)10-14-22/h3-14,20H,15-16H2,1-2H3/t20-/m1/s1. The Morgan fingerprint density at radius 3 is 1.97 bits per heavy atom. The molecule has 0 bridgehead atoms. The van der Waals surface area contributed by atoms with Crippen molar-refractivity contribution in [1.82, 2.24) is 0 Å². The predicted octanol–water partition coefficient (Wildman–Crippen LogP) is 3.83. The Balaban J connectivity index is 1.65. The summed E-state index contributed by atoms with van der Waals surface area (Å²) >= 11 is 0. The Labute approximate surface area is 183 Å². The molecule has 0 unspecified atom stereocenters. The van der Waals surface area contributed by atoms with Crippen LogP contribution >= 0.6 is 0 Å². The fourth-order valence-corrected chi connectivity index (χ4v) is 6.26. The van der Waals surface area contributed by atoms with Crippen LogP contribution in [0.15, 0.2) is 82.6 Å². The first-order valence-electron chi connectivity index (χ1n) is 9.83. The SMILES string of the molecule is Cc1ccc(S(=O)(=O)OC[C@H]2Cc3ccccc3N2S(=O)(=O)c2ccc(C)cc2)cc1. The molecule has 0 aliphatic carbocycles. The normalized spacial score (nSPS) is 16.3. The highest BCUT2D eigenvalue weighted by atomic mass is 32.2. The number of nitrogens with zero attached hydrogens (tertiary/aromatic N) is 1. The highest BCUT2D eigenvalue weighted by Gasteiger charge is 2.39. The van der Waals surface area contributed by atoms with Gasteiger partial charge < -0.3 is 0 Å². The van der Waals surface area contributed by atoms with Crippen molar-refractivity contribution in [2.45, 2.75) is 36.1 Å². The van der Waals surface area contributed by atoms with Gasteiger partial charge >= 0.3 is 0 Å². The fourth-order valence-electron chi connectivity index (χ4n) is 3.65. The van der Waals surface area contributed by atoms with E-state index in [1.54, 1.807) is 48.5 Å². The van der Waals surface area contributed by atoms with Gasteiger partial charge in [-0.2, -0.15) is 8.42 Å². The Bertz CT molecular complexity index is 1300. The zero-order chi connectivity index (χ0) is 22.2. The lowest BCUT2D eigenvalue weighted by atomic mass is 10.1. The van der Waals surface area contributed by atoms with Crippen molar-refractivity contribution < 1.29 is 21.0 Å². The van der Waals surface area contributed by atoms with Crippen LogP contribution in [0.4, 0.5) is 5.69 Å². The number of sulfonamides is 1. The third-order valence-corrected chi connectivity index (χ3v) is 8.50. The Morgan fingerprint density at radius 2 is 1.35 bits per heavy atom. The predicted molar refractivity (Wildman–Crippen MR) is 119 cm³/mol. The number of anilines is 1. The molecule has 0 fully saturated rings. The molecule has 0 N–H and O–H groups in total. The molecule has 1 heterocycles. The molecule has 0 radical (unpaired) electrons. The summed E-state index contributed by atoms with van der Waals surface area (Å²) < 4.78 is 58.8. The quantitative estimate of drug-likeness (QED) is 0.526. The number of benzene rings is 3. The van der Waals surface area contributed by atoms with E-state index in [1.165, 1.54) is 16.4 Å². The summed E-state index contributed by atoms with van der Waals surface area (Å²) in [7, 11) is -7.91. The van der Waals surface area contributed by atoms with Gasteiger partial charge in [0.2, 0.25) is 0 Å². The highest BCUT2D eigenvalue weighted by Crippen LogP contribution is 2.37. The highest BCUT2D eigenvalue weighted by molar-refractivity contribution is 7.93. The minimum absolute atomic E-state index is 0.0431. The summed E-state index contributed by atoms with van der Waals surface area (Å²) in [5.74, 6) is 0. The van der Waals surface area contributed by atoms with Crippen LogP contribution in [0.2, 0.25) is 0 Å². The molecule has 0 amide bonds. The lowest BCUT2D eigenvalue weighted by Crippen LogP contribution is -2.41. The van der Waals surface area contributed by atoms with Gasteiger partial charge in [-0.1, -0.05) is 53.6 Å². The molecule has 3 aromatic rings. The number of rotatable bonds is 6. The van der Waals surface area contributed by atoms with E-state index < -0.39 is 26.2 Å². The zero-order valence-electron chi connectivity index (χ0n) is 17.2. The van der Waals surface area contributed by atoms with Crippen molar-refractivity contribution in [2.24, 2.45) is 0 Å². The summed E-state index contributed by atoms with van der Waals surface area (Å²) in [5.41, 5.74) is 3.26. The Hall–Kier alpha value is -2.68. The molecule has 0 saturated heterocycles. The summed E-state index contributed by atoms with van der Waals surface area (Å²) in [4.78, 5) is 0.197. The second-order valence-electron chi connectivity index (χ2n) is 7.65. The van der Waals surface area contributed by atoms with Crippen LogP contribution < -0.4 is 4.31 Å². The van der Waals surface area contributed by atoms with Crippen molar-refractivity contribution in [2.75, 3.05) is 10.9 Å². The molecular formula is C23H23NO5S2. The summed E-state index contributed by atoms with van der Waals surface area (Å²) in [6.45, 7) is 3.46. The third kappa shape index (κ3) is 4.23. The topological polar surface area (TPSA) is 80.8 Å². The van der Waals surface area contributed by atoms with E-state index in [2.05, 4.69) is 0 Å². The van der Waals surface area contributed by atoms with Gasteiger partial charge in [0, 0.05) is 0 Å². The van der Waals surface area contributed by atoms with E-state index in [-0.39, 0.29) is 16.4 Å². The van der Waals surface area contributed by atoms with Crippen molar-refractivity contribution in [3.63, 3.8) is 0 Å². The number of hydrogen-bond donors (Lipinski definition) is 0. The maximum Gasteiger partial charge on any atom is 0.297 e. The molecule has 4 rings (SSSR count). The van der Waals surface area contributed by atoms with E-state index in [9.17, 15) is 16.8 Å². The summed E-state index contributed by atoms with van der Waals surface area (Å²) in [6.07, 6.45) is 0.366. The average Bonchev–Trinajstić information content (AvgIpc) is 3.12. The molecule has 0 spiro atoms. The number of fused-ring (bicyclic) bond motifs is 1. The van der Waals surface area contributed by atoms with Crippen LogP contribution in [-0.2, 0) is 30.7 Å². The molecule has 6 nitrogen and oxygen atoms in total. The van der Waals surface area contributed by atoms with Gasteiger partial charge in [0.1, 0.15) is 0 Å². The molecular weight excluding hydrogens is 434 g/mol. The minimum atomic E-state index is -4.01. The molecule has 0 saturated carbocycles. The molecule has 162 valence electrons. The fraction of sp³-hybridized carbons (Fsp3) is 0.217. The molecule has 31 heavy (non-hydrogen) atoms. The molecule has 1 atom stereocenters. The first-order valence-corrected chi connectivity index (χ1v) is 12.7. The average molecular weight is 458 g/mol. The zero-order valence-corrected chi connectivity index (χ0v) is 18.9. The number of hydrogen-bond acceptors (Lipinski definition) is 5. The van der Waals surface area contributed by atoms with Crippen LogP contribution in [0.3, 0.4) is 0 Å². The second-order valence-corrected chi connectivity index (χ2v) is 11.1. The molecule has 1 aliphatic heterocycles. The van der Waals surface area contributed by atoms with Crippen molar-refractivity contribution in [3.8, 4) is 0 Å². The monoisotopic (exact) mass is 457 g/mol. The molecule has 0 aromatic heterocycles. The molecule has 8 heteroatoms. The lowest BCUT2D eigenvalue weighted by molar-refractivity contribution is 0.295. The lowest BCUT2D eigenvalue weighted by Gasteiger charge is -2.26. The number of aryl methyl sites for hydroxylation is 2. The van der Waals surface area contributed by atoms with E-state index in [0.717, 1.165) is 16.7 Å². The van der Waals surface area contributed by atoms with Gasteiger partial charge in [-0.05, 0) is 56.2 Å². The number of para-hydroxylation sites is 1. The Morgan fingerprint density at radius 1 is 0.806 bits per heavy atom. The summed E-state index contributed by atoms with van der Waals surface area (Å²) in [5, 5.41) is 0. The second kappa shape index (κ2) is 8.11.